The van der Waals surface area contributed by atoms with Gasteiger partial charge in [-0.3, -0.25) is 0 Å². The molecule has 0 bridgehead atoms. The fourth-order valence-electron chi connectivity index (χ4n) is 1.25. The number of ether oxygens (including phenoxy) is 3. The van der Waals surface area contributed by atoms with Crippen LogP contribution in [0, 0.1) is 0 Å². The third kappa shape index (κ3) is 1.90. The van der Waals surface area contributed by atoms with Crippen molar-refractivity contribution in [3.8, 4) is 17.2 Å². The molecule has 0 fully saturated rings. The van der Waals surface area contributed by atoms with Crippen LogP contribution in [-0.2, 0) is 6.54 Å². The first-order valence-electron chi connectivity index (χ1n) is 4.25. The summed E-state index contributed by atoms with van der Waals surface area (Å²) in [4.78, 5) is 0. The molecular formula is C10H15NO3. The molecule has 1 rings (SSSR count). The van der Waals surface area contributed by atoms with Crippen molar-refractivity contribution in [3.63, 3.8) is 0 Å². The van der Waals surface area contributed by atoms with Gasteiger partial charge in [-0.25, -0.2) is 0 Å². The summed E-state index contributed by atoms with van der Waals surface area (Å²) in [6.07, 6.45) is 0. The van der Waals surface area contributed by atoms with Crippen LogP contribution in [0.4, 0.5) is 0 Å². The number of hydrogen-bond donors (Lipinski definition) is 1. The van der Waals surface area contributed by atoms with E-state index in [1.54, 1.807) is 21.3 Å². The predicted octanol–water partition coefficient (Wildman–Crippen LogP) is 1.17. The van der Waals surface area contributed by atoms with E-state index in [4.69, 9.17) is 19.9 Å². The molecular weight excluding hydrogens is 182 g/mol. The SMILES string of the molecule is COc1cc(CN)cc(OC)c1OC. The van der Waals surface area contributed by atoms with Crippen LogP contribution in [-0.4, -0.2) is 21.3 Å². The molecule has 0 saturated carbocycles. The molecule has 4 nitrogen and oxygen atoms in total. The highest BCUT2D eigenvalue weighted by molar-refractivity contribution is 5.53. The van der Waals surface area contributed by atoms with Crippen molar-refractivity contribution in [2.75, 3.05) is 21.3 Å². The Morgan fingerprint density at radius 2 is 1.50 bits per heavy atom. The highest BCUT2D eigenvalue weighted by atomic mass is 16.5. The van der Waals surface area contributed by atoms with Gasteiger partial charge in [-0.05, 0) is 17.7 Å². The van der Waals surface area contributed by atoms with E-state index in [0.29, 0.717) is 23.8 Å². The summed E-state index contributed by atoms with van der Waals surface area (Å²) in [7, 11) is 4.73. The minimum absolute atomic E-state index is 0.441. The lowest BCUT2D eigenvalue weighted by Gasteiger charge is -2.13. The monoisotopic (exact) mass is 197 g/mol. The van der Waals surface area contributed by atoms with Gasteiger partial charge in [0.2, 0.25) is 5.75 Å². The maximum Gasteiger partial charge on any atom is 0.203 e. The maximum atomic E-state index is 5.54. The van der Waals surface area contributed by atoms with Crippen molar-refractivity contribution >= 4 is 0 Å². The van der Waals surface area contributed by atoms with Gasteiger partial charge in [-0.1, -0.05) is 0 Å². The van der Waals surface area contributed by atoms with Crippen molar-refractivity contribution < 1.29 is 14.2 Å². The lowest BCUT2D eigenvalue weighted by Crippen LogP contribution is -2.00. The van der Waals surface area contributed by atoms with E-state index >= 15 is 0 Å². The van der Waals surface area contributed by atoms with Crippen LogP contribution in [0.25, 0.3) is 0 Å². The van der Waals surface area contributed by atoms with E-state index in [-0.39, 0.29) is 0 Å². The second kappa shape index (κ2) is 4.72. The zero-order chi connectivity index (χ0) is 10.6. The fourth-order valence-corrected chi connectivity index (χ4v) is 1.25. The Hall–Kier alpha value is -1.42. The van der Waals surface area contributed by atoms with Gasteiger partial charge in [0, 0.05) is 6.54 Å². The number of methoxy groups -OCH3 is 3. The molecule has 0 atom stereocenters. The smallest absolute Gasteiger partial charge is 0.203 e. The Bertz CT molecular complexity index is 287. The third-order valence-corrected chi connectivity index (χ3v) is 1.96. The van der Waals surface area contributed by atoms with Gasteiger partial charge in [0.25, 0.3) is 0 Å². The van der Waals surface area contributed by atoms with E-state index in [1.807, 2.05) is 12.1 Å². The van der Waals surface area contributed by atoms with Gasteiger partial charge in [0.15, 0.2) is 11.5 Å². The molecule has 14 heavy (non-hydrogen) atoms. The Balaban J connectivity index is 3.24. The standard InChI is InChI=1S/C10H15NO3/c1-12-8-4-7(6-11)5-9(13-2)10(8)14-3/h4-5H,6,11H2,1-3H3. The second-order valence-electron chi connectivity index (χ2n) is 2.74. The fraction of sp³-hybridized carbons (Fsp3) is 0.400. The molecule has 0 radical (unpaired) electrons. The molecule has 1 aromatic carbocycles. The van der Waals surface area contributed by atoms with Crippen LogP contribution < -0.4 is 19.9 Å². The third-order valence-electron chi connectivity index (χ3n) is 1.96. The van der Waals surface area contributed by atoms with Gasteiger partial charge >= 0.3 is 0 Å². The lowest BCUT2D eigenvalue weighted by molar-refractivity contribution is 0.324. The van der Waals surface area contributed by atoms with E-state index in [0.717, 1.165) is 5.56 Å². The van der Waals surface area contributed by atoms with Gasteiger partial charge in [-0.15, -0.1) is 0 Å². The summed E-state index contributed by atoms with van der Waals surface area (Å²) < 4.78 is 15.5. The summed E-state index contributed by atoms with van der Waals surface area (Å²) in [6, 6.07) is 3.67. The summed E-state index contributed by atoms with van der Waals surface area (Å²) in [5.41, 5.74) is 6.48. The zero-order valence-corrected chi connectivity index (χ0v) is 8.66. The molecule has 2 N–H and O–H groups in total. The van der Waals surface area contributed by atoms with Crippen LogP contribution in [0.5, 0.6) is 17.2 Å². The molecule has 0 spiro atoms. The second-order valence-corrected chi connectivity index (χ2v) is 2.74. The summed E-state index contributed by atoms with van der Waals surface area (Å²) in [5.74, 6) is 1.85. The molecule has 1 aromatic rings. The summed E-state index contributed by atoms with van der Waals surface area (Å²) in [6.45, 7) is 0.441. The van der Waals surface area contributed by atoms with Crippen LogP contribution in [0.2, 0.25) is 0 Å². The van der Waals surface area contributed by atoms with Gasteiger partial charge < -0.3 is 19.9 Å². The molecule has 0 saturated heterocycles. The highest BCUT2D eigenvalue weighted by Gasteiger charge is 2.11. The summed E-state index contributed by atoms with van der Waals surface area (Å²) >= 11 is 0. The number of benzene rings is 1. The number of nitrogens with two attached hydrogens (primary N) is 1. The van der Waals surface area contributed by atoms with E-state index < -0.39 is 0 Å². The van der Waals surface area contributed by atoms with E-state index in [9.17, 15) is 0 Å². The Kier molecular flexibility index (Phi) is 3.59. The molecule has 4 heteroatoms. The first-order valence-corrected chi connectivity index (χ1v) is 4.25. The topological polar surface area (TPSA) is 53.7 Å². The van der Waals surface area contributed by atoms with Crippen molar-refractivity contribution in [2.45, 2.75) is 6.54 Å². The lowest BCUT2D eigenvalue weighted by atomic mass is 10.2. The van der Waals surface area contributed by atoms with Crippen molar-refractivity contribution in [2.24, 2.45) is 5.73 Å². The molecule has 0 aliphatic rings. The molecule has 0 aromatic heterocycles. The first-order chi connectivity index (χ1) is 6.76. The average molecular weight is 197 g/mol. The zero-order valence-electron chi connectivity index (χ0n) is 8.66. The quantitative estimate of drug-likeness (QED) is 0.787. The molecule has 0 amide bonds. The maximum absolute atomic E-state index is 5.54. The largest absolute Gasteiger partial charge is 0.493 e. The first kappa shape index (κ1) is 10.7. The van der Waals surface area contributed by atoms with Crippen molar-refractivity contribution in [1.82, 2.24) is 0 Å². The van der Waals surface area contributed by atoms with E-state index in [1.165, 1.54) is 0 Å². The van der Waals surface area contributed by atoms with Crippen LogP contribution >= 0.6 is 0 Å². The Morgan fingerprint density at radius 1 is 1.00 bits per heavy atom. The van der Waals surface area contributed by atoms with Gasteiger partial charge in [-0.2, -0.15) is 0 Å². The molecule has 0 aliphatic carbocycles. The predicted molar refractivity (Wildman–Crippen MR) is 54.0 cm³/mol. The number of rotatable bonds is 4. The minimum atomic E-state index is 0.441. The van der Waals surface area contributed by atoms with Crippen molar-refractivity contribution in [3.05, 3.63) is 17.7 Å². The minimum Gasteiger partial charge on any atom is -0.493 e. The Morgan fingerprint density at radius 3 is 1.79 bits per heavy atom. The number of hydrogen-bond acceptors (Lipinski definition) is 4. The van der Waals surface area contributed by atoms with Crippen LogP contribution in [0.3, 0.4) is 0 Å². The average Bonchev–Trinajstić information content (AvgIpc) is 2.26. The summed E-state index contributed by atoms with van der Waals surface area (Å²) in [5, 5.41) is 0. The molecule has 0 heterocycles. The van der Waals surface area contributed by atoms with E-state index in [2.05, 4.69) is 0 Å². The molecule has 0 aliphatic heterocycles. The van der Waals surface area contributed by atoms with Crippen LogP contribution in [0.1, 0.15) is 5.56 Å². The van der Waals surface area contributed by atoms with Crippen molar-refractivity contribution in [1.29, 1.82) is 0 Å². The highest BCUT2D eigenvalue weighted by Crippen LogP contribution is 2.37. The Labute approximate surface area is 83.6 Å². The normalized spacial score (nSPS) is 9.71. The molecule has 0 unspecified atom stereocenters. The van der Waals surface area contributed by atoms with Crippen LogP contribution in [0.15, 0.2) is 12.1 Å². The van der Waals surface area contributed by atoms with Gasteiger partial charge in [0.05, 0.1) is 21.3 Å². The molecule has 78 valence electrons. The van der Waals surface area contributed by atoms with Gasteiger partial charge in [0.1, 0.15) is 0 Å².